The van der Waals surface area contributed by atoms with Gasteiger partial charge in [0, 0.05) is 37.8 Å². The average molecular weight is 330 g/mol. The lowest BCUT2D eigenvalue weighted by Crippen LogP contribution is -2.48. The predicted molar refractivity (Wildman–Crippen MR) is 88.5 cm³/mol. The Morgan fingerprint density at radius 1 is 1.18 bits per heavy atom. The number of sulfone groups is 1. The molecule has 0 aromatic rings. The van der Waals surface area contributed by atoms with Gasteiger partial charge in [-0.2, -0.15) is 0 Å². The molecule has 22 heavy (non-hydrogen) atoms. The summed E-state index contributed by atoms with van der Waals surface area (Å²) in [5.74, 6) is 0.873. The third kappa shape index (κ3) is 4.44. The third-order valence-corrected chi connectivity index (χ3v) is 5.92. The van der Waals surface area contributed by atoms with Gasteiger partial charge in [-0.3, -0.25) is 4.79 Å². The van der Waals surface area contributed by atoms with Crippen LogP contribution in [0.1, 0.15) is 46.0 Å². The van der Waals surface area contributed by atoms with E-state index in [0.717, 1.165) is 45.3 Å². The fourth-order valence-corrected chi connectivity index (χ4v) is 4.46. The smallest absolute Gasteiger partial charge is 0.223 e. The van der Waals surface area contributed by atoms with E-state index in [2.05, 4.69) is 18.7 Å². The first-order chi connectivity index (χ1) is 10.2. The van der Waals surface area contributed by atoms with Gasteiger partial charge in [-0.15, -0.1) is 0 Å². The molecule has 6 heteroatoms. The summed E-state index contributed by atoms with van der Waals surface area (Å²) < 4.78 is 22.9. The summed E-state index contributed by atoms with van der Waals surface area (Å²) in [5.41, 5.74) is -0.0898. The SMILES string of the molecule is CC(C)CN1CCC[C@]2(CCC(=O)N2CCS(C)(=O)=O)CC1. The van der Waals surface area contributed by atoms with Crippen LogP contribution in [0.3, 0.4) is 0 Å². The lowest BCUT2D eigenvalue weighted by Gasteiger charge is -2.38. The van der Waals surface area contributed by atoms with Crippen LogP contribution in [0.4, 0.5) is 0 Å². The van der Waals surface area contributed by atoms with Crippen molar-refractivity contribution in [2.45, 2.75) is 51.5 Å². The number of carbonyl (C=O) groups is 1. The summed E-state index contributed by atoms with van der Waals surface area (Å²) >= 11 is 0. The quantitative estimate of drug-likeness (QED) is 0.767. The molecule has 5 nitrogen and oxygen atoms in total. The van der Waals surface area contributed by atoms with E-state index in [1.165, 1.54) is 6.26 Å². The Labute approximate surface area is 135 Å². The standard InChI is InChI=1S/C16H30N2O3S/c1-14(2)13-17-9-4-6-16(8-10-17)7-5-15(19)18(16)11-12-22(3,20)21/h14H,4-13H2,1-3H3/t16-/m0/s1. The topological polar surface area (TPSA) is 57.7 Å². The number of nitrogens with zero attached hydrogens (tertiary/aromatic N) is 2. The molecule has 1 spiro atoms. The molecule has 128 valence electrons. The number of hydrogen-bond donors (Lipinski definition) is 0. The Bertz CT molecular complexity index is 504. The maximum absolute atomic E-state index is 12.3. The minimum atomic E-state index is -3.03. The highest BCUT2D eigenvalue weighted by molar-refractivity contribution is 7.90. The second-order valence-corrected chi connectivity index (χ2v) is 9.71. The van der Waals surface area contributed by atoms with Gasteiger partial charge in [0.15, 0.2) is 0 Å². The number of rotatable bonds is 5. The van der Waals surface area contributed by atoms with Crippen LogP contribution in [0.2, 0.25) is 0 Å². The van der Waals surface area contributed by atoms with Gasteiger partial charge in [0.25, 0.3) is 0 Å². The molecule has 2 aliphatic rings. The average Bonchev–Trinajstić information content (AvgIpc) is 2.55. The molecule has 0 unspecified atom stereocenters. The van der Waals surface area contributed by atoms with Crippen molar-refractivity contribution in [3.8, 4) is 0 Å². The van der Waals surface area contributed by atoms with Crippen LogP contribution in [-0.4, -0.2) is 67.9 Å². The summed E-state index contributed by atoms with van der Waals surface area (Å²) in [6, 6.07) is 0. The highest BCUT2D eigenvalue weighted by Gasteiger charge is 2.45. The molecule has 2 fully saturated rings. The monoisotopic (exact) mass is 330 g/mol. The minimum Gasteiger partial charge on any atom is -0.336 e. The zero-order valence-corrected chi connectivity index (χ0v) is 15.0. The molecule has 2 heterocycles. The van der Waals surface area contributed by atoms with Gasteiger partial charge in [-0.1, -0.05) is 13.8 Å². The van der Waals surface area contributed by atoms with Crippen molar-refractivity contribution >= 4 is 15.7 Å². The Morgan fingerprint density at radius 2 is 1.91 bits per heavy atom. The number of hydrogen-bond acceptors (Lipinski definition) is 4. The molecule has 0 aromatic heterocycles. The van der Waals surface area contributed by atoms with E-state index in [-0.39, 0.29) is 17.2 Å². The fraction of sp³-hybridized carbons (Fsp3) is 0.938. The van der Waals surface area contributed by atoms with E-state index in [1.54, 1.807) is 0 Å². The summed E-state index contributed by atoms with van der Waals surface area (Å²) in [4.78, 5) is 16.6. The first-order valence-corrected chi connectivity index (χ1v) is 10.5. The van der Waals surface area contributed by atoms with Crippen LogP contribution >= 0.6 is 0 Å². The molecule has 0 aliphatic carbocycles. The lowest BCUT2D eigenvalue weighted by molar-refractivity contribution is -0.131. The zero-order chi connectivity index (χ0) is 16.4. The number of amides is 1. The normalized spacial score (nSPS) is 27.8. The van der Waals surface area contributed by atoms with Crippen molar-refractivity contribution in [1.82, 2.24) is 9.80 Å². The van der Waals surface area contributed by atoms with Gasteiger partial charge in [-0.25, -0.2) is 8.42 Å². The van der Waals surface area contributed by atoms with E-state index in [0.29, 0.717) is 18.9 Å². The van der Waals surface area contributed by atoms with Crippen LogP contribution in [0.5, 0.6) is 0 Å². The first kappa shape index (κ1) is 17.7. The highest BCUT2D eigenvalue weighted by Crippen LogP contribution is 2.39. The molecular formula is C16H30N2O3S. The number of carbonyl (C=O) groups excluding carboxylic acids is 1. The fourth-order valence-electron chi connectivity index (χ4n) is 3.95. The molecule has 0 radical (unpaired) electrons. The first-order valence-electron chi connectivity index (χ1n) is 8.42. The Balaban J connectivity index is 2.05. The Morgan fingerprint density at radius 3 is 2.55 bits per heavy atom. The van der Waals surface area contributed by atoms with Gasteiger partial charge in [0.1, 0.15) is 9.84 Å². The molecule has 1 atom stereocenters. The molecule has 2 saturated heterocycles. The van der Waals surface area contributed by atoms with Gasteiger partial charge in [0.2, 0.25) is 5.91 Å². The van der Waals surface area contributed by atoms with Crippen molar-refractivity contribution in [3.63, 3.8) is 0 Å². The largest absolute Gasteiger partial charge is 0.336 e. The van der Waals surface area contributed by atoms with Crippen molar-refractivity contribution < 1.29 is 13.2 Å². The van der Waals surface area contributed by atoms with Crippen molar-refractivity contribution in [2.24, 2.45) is 5.92 Å². The molecule has 2 aliphatic heterocycles. The van der Waals surface area contributed by atoms with E-state index >= 15 is 0 Å². The van der Waals surface area contributed by atoms with Crippen molar-refractivity contribution in [1.29, 1.82) is 0 Å². The van der Waals surface area contributed by atoms with Crippen molar-refractivity contribution in [3.05, 3.63) is 0 Å². The molecule has 0 bridgehead atoms. The molecule has 0 N–H and O–H groups in total. The van der Waals surface area contributed by atoms with Gasteiger partial charge < -0.3 is 9.80 Å². The second kappa shape index (κ2) is 6.87. The summed E-state index contributed by atoms with van der Waals surface area (Å²) in [6.07, 6.45) is 5.80. The zero-order valence-electron chi connectivity index (χ0n) is 14.2. The van der Waals surface area contributed by atoms with Crippen molar-refractivity contribution in [2.75, 3.05) is 38.2 Å². The molecule has 1 amide bonds. The highest BCUT2D eigenvalue weighted by atomic mass is 32.2. The van der Waals surface area contributed by atoms with Crippen LogP contribution in [0.15, 0.2) is 0 Å². The summed E-state index contributed by atoms with van der Waals surface area (Å²) in [5, 5.41) is 0. The molecule has 2 rings (SSSR count). The summed E-state index contributed by atoms with van der Waals surface area (Å²) in [7, 11) is -3.03. The minimum absolute atomic E-state index is 0.0796. The van der Waals surface area contributed by atoms with Gasteiger partial charge in [-0.05, 0) is 38.1 Å². The maximum Gasteiger partial charge on any atom is 0.223 e. The second-order valence-electron chi connectivity index (χ2n) is 7.45. The number of likely N-dealkylation sites (tertiary alicyclic amines) is 2. The van der Waals surface area contributed by atoms with E-state index in [9.17, 15) is 13.2 Å². The third-order valence-electron chi connectivity index (χ3n) is 5.00. The molecule has 0 aromatic carbocycles. The van der Waals surface area contributed by atoms with E-state index in [4.69, 9.17) is 0 Å². The van der Waals surface area contributed by atoms with Crippen LogP contribution in [0.25, 0.3) is 0 Å². The van der Waals surface area contributed by atoms with Gasteiger partial charge >= 0.3 is 0 Å². The molecular weight excluding hydrogens is 300 g/mol. The maximum atomic E-state index is 12.3. The van der Waals surface area contributed by atoms with Crippen LogP contribution in [0, 0.1) is 5.92 Å². The Hall–Kier alpha value is -0.620. The van der Waals surface area contributed by atoms with Crippen LogP contribution in [-0.2, 0) is 14.6 Å². The van der Waals surface area contributed by atoms with E-state index in [1.807, 2.05) is 4.90 Å². The van der Waals surface area contributed by atoms with E-state index < -0.39 is 9.84 Å². The lowest BCUT2D eigenvalue weighted by atomic mass is 9.88. The Kier molecular flexibility index (Phi) is 5.54. The van der Waals surface area contributed by atoms with Crippen LogP contribution < -0.4 is 0 Å². The van der Waals surface area contributed by atoms with Gasteiger partial charge in [0.05, 0.1) is 5.75 Å². The predicted octanol–water partition coefficient (Wildman–Crippen LogP) is 1.53. The summed E-state index contributed by atoms with van der Waals surface area (Å²) in [6.45, 7) is 8.04. The molecule has 0 saturated carbocycles.